The van der Waals surface area contributed by atoms with Crippen LogP contribution in [0.3, 0.4) is 0 Å². The van der Waals surface area contributed by atoms with E-state index in [0.717, 1.165) is 72.4 Å². The molecule has 0 fully saturated rings. The van der Waals surface area contributed by atoms with Crippen LogP contribution in [-0.2, 0) is 12.6 Å². The molecular formula is C67H35F3N8. The van der Waals surface area contributed by atoms with Gasteiger partial charge in [-0.3, -0.25) is 0 Å². The Morgan fingerprint density at radius 2 is 0.872 bits per heavy atom. The van der Waals surface area contributed by atoms with Crippen LogP contribution < -0.4 is 0 Å². The van der Waals surface area contributed by atoms with Crippen molar-refractivity contribution in [2.45, 2.75) is 18.5 Å². The quantitative estimate of drug-likeness (QED) is 0.155. The summed E-state index contributed by atoms with van der Waals surface area (Å²) < 4.78 is 50.0. The van der Waals surface area contributed by atoms with Gasteiger partial charge in [-0.25, -0.2) is 0 Å². The molecule has 0 saturated heterocycles. The number of aromatic nitrogens is 2. The third-order valence-corrected chi connectivity index (χ3v) is 14.7. The van der Waals surface area contributed by atoms with Crippen molar-refractivity contribution in [2.24, 2.45) is 0 Å². The molecule has 1 aliphatic carbocycles. The maximum absolute atomic E-state index is 15.3. The molecule has 11 aromatic rings. The summed E-state index contributed by atoms with van der Waals surface area (Å²) in [4.78, 5) is 0. The normalized spacial score (nSPS) is 12.8. The van der Waals surface area contributed by atoms with Gasteiger partial charge in [0.1, 0.15) is 0 Å². The molecule has 0 aliphatic heterocycles. The first-order chi connectivity index (χ1) is 38.0. The Labute approximate surface area is 445 Å². The predicted octanol–water partition coefficient (Wildman–Crippen LogP) is 16.0. The fourth-order valence-electron chi connectivity index (χ4n) is 11.0. The molecule has 1 atom stereocenters. The molecule has 78 heavy (non-hydrogen) atoms. The van der Waals surface area contributed by atoms with Crippen LogP contribution in [0.15, 0.2) is 188 Å². The first-order valence-corrected chi connectivity index (χ1v) is 24.6. The topological polar surface area (TPSA) is 153 Å². The van der Waals surface area contributed by atoms with Crippen LogP contribution in [0.2, 0.25) is 0 Å². The number of fused-ring (bicyclic) bond motifs is 6. The molecule has 0 saturated carbocycles. The van der Waals surface area contributed by atoms with Crippen LogP contribution in [0.25, 0.3) is 94.7 Å². The molecule has 2 aromatic heterocycles. The van der Waals surface area contributed by atoms with Gasteiger partial charge >= 0.3 is 6.18 Å². The van der Waals surface area contributed by atoms with Crippen molar-refractivity contribution in [1.29, 1.82) is 31.6 Å². The van der Waals surface area contributed by atoms with Crippen LogP contribution in [0.5, 0.6) is 0 Å². The minimum absolute atomic E-state index is 0.000300. The van der Waals surface area contributed by atoms with Crippen molar-refractivity contribution in [3.8, 4) is 92.3 Å². The minimum atomic E-state index is -4.91. The molecule has 1 unspecified atom stereocenters. The molecule has 0 spiro atoms. The first kappa shape index (κ1) is 47.8. The summed E-state index contributed by atoms with van der Waals surface area (Å²) in [5, 5.41) is 62.9. The second-order valence-corrected chi connectivity index (χ2v) is 19.1. The monoisotopic (exact) mass is 1010 g/mol. The van der Waals surface area contributed by atoms with Gasteiger partial charge in [0, 0.05) is 33.3 Å². The molecule has 9 aromatic carbocycles. The summed E-state index contributed by atoms with van der Waals surface area (Å²) in [5.41, 5.74) is 10.9. The molecule has 0 radical (unpaired) electrons. The largest absolute Gasteiger partial charge is 0.417 e. The summed E-state index contributed by atoms with van der Waals surface area (Å²) in [6, 6.07) is 67.1. The number of hydrogen-bond donors (Lipinski definition) is 0. The highest BCUT2D eigenvalue weighted by Gasteiger charge is 2.36. The number of rotatable bonds is 7. The molecule has 12 rings (SSSR count). The molecular weight excluding hydrogens is 974 g/mol. The number of hydrogen-bond acceptors (Lipinski definition) is 6. The van der Waals surface area contributed by atoms with Crippen molar-refractivity contribution in [3.63, 3.8) is 0 Å². The SMILES string of the molecule is N#Cc1cccc(-c2ccc3c(c2)c2c(n3-c3cc(-c4ccc(C#N)cc4C(F)(F)F)c(C#N)cc3-n3c4ccc(-c5cccc(C#N)c5)cc4c4cc(-c5cccc(C#N)c5)ccc43)C=CC(c3cccc(C#N)c3)C2)c1. The van der Waals surface area contributed by atoms with Gasteiger partial charge in [0.2, 0.25) is 0 Å². The van der Waals surface area contributed by atoms with Gasteiger partial charge in [-0.15, -0.1) is 0 Å². The molecule has 0 bridgehead atoms. The Bertz CT molecular complexity index is 4570. The van der Waals surface area contributed by atoms with E-state index in [2.05, 4.69) is 42.5 Å². The van der Waals surface area contributed by atoms with Crippen molar-refractivity contribution in [3.05, 3.63) is 244 Å². The van der Waals surface area contributed by atoms with Crippen molar-refractivity contribution in [1.82, 2.24) is 9.13 Å². The van der Waals surface area contributed by atoms with Crippen LogP contribution in [-0.4, -0.2) is 9.13 Å². The zero-order chi connectivity index (χ0) is 53.8. The maximum atomic E-state index is 15.3. The van der Waals surface area contributed by atoms with Gasteiger partial charge in [0.25, 0.3) is 0 Å². The van der Waals surface area contributed by atoms with Gasteiger partial charge in [0.05, 0.1) is 103 Å². The number of halogens is 3. The van der Waals surface area contributed by atoms with E-state index in [1.165, 1.54) is 12.1 Å². The Kier molecular flexibility index (Phi) is 11.6. The molecule has 364 valence electrons. The highest BCUT2D eigenvalue weighted by molar-refractivity contribution is 6.12. The Hall–Kier alpha value is -11.2. The highest BCUT2D eigenvalue weighted by atomic mass is 19.4. The van der Waals surface area contributed by atoms with E-state index in [4.69, 9.17) is 0 Å². The zero-order valence-corrected chi connectivity index (χ0v) is 41.0. The molecule has 8 nitrogen and oxygen atoms in total. The van der Waals surface area contributed by atoms with Crippen LogP contribution in [0, 0.1) is 68.0 Å². The molecule has 0 N–H and O–H groups in total. The smallest absolute Gasteiger partial charge is 0.307 e. The van der Waals surface area contributed by atoms with Crippen LogP contribution in [0.1, 0.15) is 61.7 Å². The zero-order valence-electron chi connectivity index (χ0n) is 41.0. The maximum Gasteiger partial charge on any atom is 0.417 e. The Morgan fingerprint density at radius 3 is 1.38 bits per heavy atom. The Balaban J connectivity index is 1.20. The second-order valence-electron chi connectivity index (χ2n) is 19.1. The van der Waals surface area contributed by atoms with E-state index in [1.807, 2.05) is 143 Å². The Morgan fingerprint density at radius 1 is 0.410 bits per heavy atom. The lowest BCUT2D eigenvalue weighted by molar-refractivity contribution is -0.137. The molecule has 0 amide bonds. The lowest BCUT2D eigenvalue weighted by Gasteiger charge is -2.23. The summed E-state index contributed by atoms with van der Waals surface area (Å²) >= 11 is 0. The van der Waals surface area contributed by atoms with Crippen LogP contribution in [0.4, 0.5) is 13.2 Å². The van der Waals surface area contributed by atoms with Gasteiger partial charge in [-0.05, 0) is 172 Å². The molecule has 2 heterocycles. The van der Waals surface area contributed by atoms with Gasteiger partial charge < -0.3 is 9.13 Å². The van der Waals surface area contributed by atoms with Gasteiger partial charge in [0.15, 0.2) is 0 Å². The van der Waals surface area contributed by atoms with Crippen molar-refractivity contribution >= 4 is 38.8 Å². The fourth-order valence-corrected chi connectivity index (χ4v) is 11.0. The minimum Gasteiger partial charge on any atom is -0.307 e. The number of nitrogens with zero attached hydrogens (tertiary/aromatic N) is 8. The van der Waals surface area contributed by atoms with Crippen molar-refractivity contribution < 1.29 is 13.2 Å². The summed E-state index contributed by atoms with van der Waals surface area (Å²) in [5.74, 6) is -0.164. The number of nitriles is 6. The van der Waals surface area contributed by atoms with E-state index in [0.29, 0.717) is 56.6 Å². The van der Waals surface area contributed by atoms with Crippen molar-refractivity contribution in [2.75, 3.05) is 0 Å². The molecule has 11 heteroatoms. The first-order valence-electron chi connectivity index (χ1n) is 24.6. The summed E-state index contributed by atoms with van der Waals surface area (Å²) in [6.07, 6.45) is -0.337. The lowest BCUT2D eigenvalue weighted by atomic mass is 9.86. The number of allylic oxidation sites excluding steroid dienone is 1. The van der Waals surface area contributed by atoms with Crippen LogP contribution >= 0.6 is 0 Å². The third kappa shape index (κ3) is 8.16. The van der Waals surface area contributed by atoms with Gasteiger partial charge in [-0.2, -0.15) is 44.7 Å². The van der Waals surface area contributed by atoms with E-state index < -0.39 is 11.7 Å². The number of alkyl halides is 3. The van der Waals surface area contributed by atoms with E-state index >= 15 is 13.2 Å². The van der Waals surface area contributed by atoms with E-state index in [9.17, 15) is 31.6 Å². The lowest BCUT2D eigenvalue weighted by Crippen LogP contribution is -2.11. The third-order valence-electron chi connectivity index (χ3n) is 14.7. The average Bonchev–Trinajstić information content (AvgIpc) is 4.00. The number of benzene rings is 9. The molecule has 1 aliphatic rings. The van der Waals surface area contributed by atoms with E-state index in [-0.39, 0.29) is 28.2 Å². The standard InChI is InChI=1S/C67H35F3N8/c68-67(69,70)60-27-44(38-75)13-18-54(60)55-33-66(78-63-21-16-51(47-11-3-7-42(25-47)36-73)30-58(63)59-31-52(17-22-64(59)78)48-12-4-8-43(26-48)37-74)65(32-53(55)39-76)77-61-19-14-49(45-9-1-5-40(23-45)34-71)28-56(61)57-29-50(15-20-62(57)77)46-10-2-6-41(24-46)35-72/h1-30,32-33,52H,31H2. The van der Waals surface area contributed by atoms with Gasteiger partial charge in [-0.1, -0.05) is 78.9 Å². The summed E-state index contributed by atoms with van der Waals surface area (Å²) in [6.45, 7) is 0. The van der Waals surface area contributed by atoms with E-state index in [1.54, 1.807) is 36.4 Å². The predicted molar refractivity (Wildman–Crippen MR) is 295 cm³/mol. The fraction of sp³-hybridized carbons (Fsp3) is 0.0448. The average molecular weight is 1010 g/mol. The second kappa shape index (κ2) is 18.9. The summed E-state index contributed by atoms with van der Waals surface area (Å²) in [7, 11) is 0. The highest BCUT2D eigenvalue weighted by Crippen LogP contribution is 2.47.